The minimum Gasteiger partial charge on any atom is -0.387 e. The molecule has 1 aromatic heterocycles. The highest BCUT2D eigenvalue weighted by Crippen LogP contribution is 2.29. The normalized spacial score (nSPS) is 12.7. The molecule has 0 aliphatic carbocycles. The van der Waals surface area contributed by atoms with Gasteiger partial charge in [-0.3, -0.25) is 0 Å². The van der Waals surface area contributed by atoms with Crippen LogP contribution in [0.2, 0.25) is 0 Å². The van der Waals surface area contributed by atoms with Crippen LogP contribution in [0.1, 0.15) is 27.0 Å². The molecule has 0 saturated heterocycles. The van der Waals surface area contributed by atoms with Crippen LogP contribution in [0.5, 0.6) is 0 Å². The number of rotatable bonds is 3. The molecule has 1 aromatic carbocycles. The Morgan fingerprint density at radius 1 is 1.29 bits per heavy atom. The van der Waals surface area contributed by atoms with Crippen LogP contribution in [-0.2, 0) is 6.42 Å². The van der Waals surface area contributed by atoms with E-state index < -0.39 is 6.10 Å². The lowest BCUT2D eigenvalue weighted by atomic mass is 10.0. The van der Waals surface area contributed by atoms with Crippen molar-refractivity contribution in [2.45, 2.75) is 26.4 Å². The molecule has 0 fully saturated rings. The topological polar surface area (TPSA) is 20.2 Å². The quantitative estimate of drug-likeness (QED) is 0.879. The zero-order valence-electron chi connectivity index (χ0n) is 9.90. The zero-order chi connectivity index (χ0) is 12.4. The highest BCUT2D eigenvalue weighted by atomic mass is 32.1. The van der Waals surface area contributed by atoms with E-state index in [-0.39, 0.29) is 5.82 Å². The van der Waals surface area contributed by atoms with E-state index in [0.717, 1.165) is 10.4 Å². The molecule has 1 nitrogen and oxygen atoms in total. The summed E-state index contributed by atoms with van der Waals surface area (Å²) >= 11 is 1.58. The smallest absolute Gasteiger partial charge is 0.126 e. The third-order valence-electron chi connectivity index (χ3n) is 2.75. The first-order valence-electron chi connectivity index (χ1n) is 5.56. The number of hydrogen-bond donors (Lipinski definition) is 1. The maximum Gasteiger partial charge on any atom is 0.126 e. The Kier molecular flexibility index (Phi) is 3.60. The number of halogens is 1. The van der Waals surface area contributed by atoms with Crippen LogP contribution in [0, 0.1) is 19.7 Å². The summed E-state index contributed by atoms with van der Waals surface area (Å²) in [6.07, 6.45) is -0.293. The fourth-order valence-corrected chi connectivity index (χ4v) is 2.98. The molecule has 2 rings (SSSR count). The number of hydrogen-bond acceptors (Lipinski definition) is 2. The van der Waals surface area contributed by atoms with Gasteiger partial charge >= 0.3 is 0 Å². The van der Waals surface area contributed by atoms with Gasteiger partial charge in [-0.05, 0) is 37.1 Å². The maximum absolute atomic E-state index is 13.5. The second kappa shape index (κ2) is 4.98. The number of thiophene rings is 1. The molecule has 1 unspecified atom stereocenters. The summed E-state index contributed by atoms with van der Waals surface area (Å²) in [6.45, 7) is 3.99. The summed E-state index contributed by atoms with van der Waals surface area (Å²) in [4.78, 5) is 2.11. The Morgan fingerprint density at radius 3 is 2.59 bits per heavy atom. The van der Waals surface area contributed by atoms with Gasteiger partial charge in [0.05, 0.1) is 6.10 Å². The minimum absolute atomic E-state index is 0.252. The van der Waals surface area contributed by atoms with Gasteiger partial charge in [0.1, 0.15) is 5.82 Å². The minimum atomic E-state index is -0.620. The second-order valence-corrected chi connectivity index (χ2v) is 5.50. The Bertz CT molecular complexity index is 519. The molecule has 0 saturated carbocycles. The Balaban J connectivity index is 2.20. The highest BCUT2D eigenvalue weighted by Gasteiger charge is 2.15. The van der Waals surface area contributed by atoms with Gasteiger partial charge in [0.25, 0.3) is 0 Å². The lowest BCUT2D eigenvalue weighted by molar-refractivity contribution is 0.180. The predicted octanol–water partition coefficient (Wildman–Crippen LogP) is 3.78. The summed E-state index contributed by atoms with van der Waals surface area (Å²) in [6, 6.07) is 8.64. The van der Waals surface area contributed by atoms with E-state index in [4.69, 9.17) is 0 Å². The third-order valence-corrected chi connectivity index (χ3v) is 4.01. The van der Waals surface area contributed by atoms with Crippen molar-refractivity contribution in [2.24, 2.45) is 0 Å². The largest absolute Gasteiger partial charge is 0.387 e. The SMILES string of the molecule is Cc1cc(C)c(C(O)Cc2ccccc2F)s1. The third kappa shape index (κ3) is 2.73. The molecule has 0 aliphatic rings. The molecule has 0 radical (unpaired) electrons. The highest BCUT2D eigenvalue weighted by molar-refractivity contribution is 7.12. The molecule has 0 bridgehead atoms. The van der Waals surface area contributed by atoms with Crippen LogP contribution in [0.25, 0.3) is 0 Å². The predicted molar refractivity (Wildman–Crippen MR) is 68.9 cm³/mol. The molecular formula is C14H15FOS. The maximum atomic E-state index is 13.5. The van der Waals surface area contributed by atoms with Gasteiger partial charge in [0, 0.05) is 16.2 Å². The Hall–Kier alpha value is -1.19. The summed E-state index contributed by atoms with van der Waals surface area (Å²) in [5.41, 5.74) is 1.64. The number of benzene rings is 1. The summed E-state index contributed by atoms with van der Waals surface area (Å²) in [5, 5.41) is 10.1. The molecule has 90 valence electrons. The van der Waals surface area contributed by atoms with Gasteiger partial charge in [-0.2, -0.15) is 0 Å². The van der Waals surface area contributed by atoms with Crippen LogP contribution in [0.15, 0.2) is 30.3 Å². The van der Waals surface area contributed by atoms with E-state index in [1.807, 2.05) is 19.9 Å². The van der Waals surface area contributed by atoms with E-state index in [9.17, 15) is 9.50 Å². The Morgan fingerprint density at radius 2 is 2.00 bits per heavy atom. The van der Waals surface area contributed by atoms with Crippen LogP contribution in [0.4, 0.5) is 4.39 Å². The molecule has 2 aromatic rings. The number of aryl methyl sites for hydroxylation is 2. The van der Waals surface area contributed by atoms with Crippen molar-refractivity contribution in [1.29, 1.82) is 0 Å². The van der Waals surface area contributed by atoms with Crippen molar-refractivity contribution in [1.82, 2.24) is 0 Å². The lowest BCUT2D eigenvalue weighted by Crippen LogP contribution is -2.02. The molecule has 0 spiro atoms. The van der Waals surface area contributed by atoms with E-state index in [1.165, 1.54) is 10.9 Å². The molecule has 1 heterocycles. The van der Waals surface area contributed by atoms with Crippen molar-refractivity contribution in [2.75, 3.05) is 0 Å². The van der Waals surface area contributed by atoms with Crippen molar-refractivity contribution in [3.63, 3.8) is 0 Å². The van der Waals surface area contributed by atoms with E-state index in [0.29, 0.717) is 12.0 Å². The van der Waals surface area contributed by atoms with Crippen molar-refractivity contribution < 1.29 is 9.50 Å². The average Bonchev–Trinajstić information content (AvgIpc) is 2.61. The van der Waals surface area contributed by atoms with Crippen LogP contribution < -0.4 is 0 Å². The van der Waals surface area contributed by atoms with Crippen LogP contribution in [0.3, 0.4) is 0 Å². The standard InChI is InChI=1S/C14H15FOS/c1-9-7-10(2)17-14(9)13(16)8-11-5-3-4-6-12(11)15/h3-7,13,16H,8H2,1-2H3. The van der Waals surface area contributed by atoms with Gasteiger partial charge in [-0.1, -0.05) is 18.2 Å². The number of aliphatic hydroxyl groups is 1. The van der Waals surface area contributed by atoms with Gasteiger partial charge in [0.2, 0.25) is 0 Å². The van der Waals surface area contributed by atoms with Gasteiger partial charge in [-0.15, -0.1) is 11.3 Å². The first kappa shape index (κ1) is 12.3. The molecule has 1 atom stereocenters. The van der Waals surface area contributed by atoms with E-state index in [2.05, 4.69) is 0 Å². The molecule has 17 heavy (non-hydrogen) atoms. The van der Waals surface area contributed by atoms with Crippen molar-refractivity contribution >= 4 is 11.3 Å². The Labute approximate surface area is 105 Å². The van der Waals surface area contributed by atoms with Gasteiger partial charge in [0.15, 0.2) is 0 Å². The number of aliphatic hydroxyl groups excluding tert-OH is 1. The summed E-state index contributed by atoms with van der Waals surface area (Å²) in [7, 11) is 0. The van der Waals surface area contributed by atoms with Crippen molar-refractivity contribution in [3.8, 4) is 0 Å². The van der Waals surface area contributed by atoms with Gasteiger partial charge < -0.3 is 5.11 Å². The van der Waals surface area contributed by atoms with Crippen LogP contribution in [-0.4, -0.2) is 5.11 Å². The van der Waals surface area contributed by atoms with E-state index in [1.54, 1.807) is 29.5 Å². The molecule has 1 N–H and O–H groups in total. The molecule has 0 aliphatic heterocycles. The van der Waals surface area contributed by atoms with E-state index >= 15 is 0 Å². The first-order chi connectivity index (χ1) is 8.08. The average molecular weight is 250 g/mol. The summed E-state index contributed by atoms with van der Waals surface area (Å²) < 4.78 is 13.5. The fraction of sp³-hybridized carbons (Fsp3) is 0.286. The summed E-state index contributed by atoms with van der Waals surface area (Å²) in [5.74, 6) is -0.252. The zero-order valence-corrected chi connectivity index (χ0v) is 10.7. The molecule has 0 amide bonds. The molecular weight excluding hydrogens is 235 g/mol. The first-order valence-corrected chi connectivity index (χ1v) is 6.38. The monoisotopic (exact) mass is 250 g/mol. The van der Waals surface area contributed by atoms with Crippen molar-refractivity contribution in [3.05, 3.63) is 57.0 Å². The molecule has 3 heteroatoms. The second-order valence-electron chi connectivity index (χ2n) is 4.22. The van der Waals surface area contributed by atoms with Crippen LogP contribution >= 0.6 is 11.3 Å². The lowest BCUT2D eigenvalue weighted by Gasteiger charge is -2.10. The van der Waals surface area contributed by atoms with Gasteiger partial charge in [-0.25, -0.2) is 4.39 Å². The fourth-order valence-electron chi connectivity index (χ4n) is 1.96.